The van der Waals surface area contributed by atoms with E-state index in [2.05, 4.69) is 247 Å². The Hall–Kier alpha value is -6.96. The van der Waals surface area contributed by atoms with Crippen molar-refractivity contribution in [3.63, 3.8) is 0 Å². The van der Waals surface area contributed by atoms with E-state index in [0.29, 0.717) is 0 Å². The number of benzene rings is 9. The van der Waals surface area contributed by atoms with Crippen LogP contribution in [0.25, 0.3) is 44.2 Å². The van der Waals surface area contributed by atoms with Crippen LogP contribution in [0, 0.1) is 13.8 Å². The summed E-state index contributed by atoms with van der Waals surface area (Å²) >= 11 is 0. The van der Waals surface area contributed by atoms with Crippen LogP contribution in [0.5, 0.6) is 0 Å². The molecule has 2 aliphatic rings. The molecule has 1 heteroatoms. The predicted octanol–water partition coefficient (Wildman–Crippen LogP) is 16.6. The first-order valence-electron chi connectivity index (χ1n) is 22.5. The Morgan fingerprint density at radius 3 is 1.52 bits per heavy atom. The Labute approximate surface area is 373 Å². The molecule has 0 saturated carbocycles. The molecule has 9 aromatic rings. The van der Waals surface area contributed by atoms with Crippen molar-refractivity contribution in [3.8, 4) is 33.4 Å². The van der Waals surface area contributed by atoms with E-state index in [-0.39, 0.29) is 10.8 Å². The molecule has 63 heavy (non-hydrogen) atoms. The van der Waals surface area contributed by atoms with Crippen molar-refractivity contribution >= 4 is 27.8 Å². The lowest BCUT2D eigenvalue weighted by Gasteiger charge is -2.35. The fourth-order valence-electron chi connectivity index (χ4n) is 11.0. The van der Waals surface area contributed by atoms with Gasteiger partial charge in [0.25, 0.3) is 0 Å². The third-order valence-corrected chi connectivity index (χ3v) is 14.3. The molecule has 1 atom stereocenters. The van der Waals surface area contributed by atoms with Crippen molar-refractivity contribution in [2.75, 3.05) is 4.90 Å². The molecular weight excluding hydrogens is 759 g/mol. The first-order chi connectivity index (χ1) is 30.4. The van der Waals surface area contributed by atoms with Gasteiger partial charge in [-0.05, 0) is 156 Å². The second-order valence-corrected chi connectivity index (χ2v) is 19.5. The molecule has 0 aliphatic heterocycles. The molecule has 0 amide bonds. The molecule has 306 valence electrons. The zero-order valence-corrected chi connectivity index (χ0v) is 37.4. The van der Waals surface area contributed by atoms with Gasteiger partial charge in [0.1, 0.15) is 0 Å². The smallest absolute Gasteiger partial charge is 0.0714 e. The molecule has 0 spiro atoms. The summed E-state index contributed by atoms with van der Waals surface area (Å²) in [4.78, 5) is 2.32. The van der Waals surface area contributed by atoms with Crippen LogP contribution in [0.1, 0.15) is 84.7 Å². The molecule has 11 rings (SSSR count). The van der Waals surface area contributed by atoms with Gasteiger partial charge >= 0.3 is 0 Å². The first kappa shape index (κ1) is 38.9. The third-order valence-electron chi connectivity index (χ3n) is 14.3. The van der Waals surface area contributed by atoms with Gasteiger partial charge in [0.15, 0.2) is 0 Å². The van der Waals surface area contributed by atoms with E-state index in [1.165, 1.54) is 94.2 Å². The third kappa shape index (κ3) is 5.97. The average molecular weight is 812 g/mol. The number of fused-ring (bicyclic) bond motifs is 8. The number of hydrogen-bond acceptors (Lipinski definition) is 1. The van der Waals surface area contributed by atoms with E-state index >= 15 is 0 Å². The van der Waals surface area contributed by atoms with Gasteiger partial charge in [-0.3, -0.25) is 0 Å². The highest BCUT2D eigenvalue weighted by atomic mass is 15.1. The van der Waals surface area contributed by atoms with Crippen LogP contribution in [0.4, 0.5) is 17.1 Å². The number of rotatable bonds is 6. The van der Waals surface area contributed by atoms with E-state index in [9.17, 15) is 0 Å². The van der Waals surface area contributed by atoms with Gasteiger partial charge in [-0.1, -0.05) is 186 Å². The Morgan fingerprint density at radius 2 is 0.921 bits per heavy atom. The second kappa shape index (κ2) is 14.3. The second-order valence-electron chi connectivity index (χ2n) is 19.5. The Morgan fingerprint density at radius 1 is 0.413 bits per heavy atom. The Bertz CT molecular complexity index is 3160. The molecule has 0 radical (unpaired) electrons. The summed E-state index contributed by atoms with van der Waals surface area (Å²) in [5.74, 6) is 0. The lowest BCUT2D eigenvalue weighted by atomic mass is 9.66. The maximum atomic E-state index is 2.59. The summed E-state index contributed by atoms with van der Waals surface area (Å²) < 4.78 is 0. The van der Waals surface area contributed by atoms with Gasteiger partial charge in [0.2, 0.25) is 0 Å². The molecule has 0 heterocycles. The molecule has 0 N–H and O–H groups in total. The highest BCUT2D eigenvalue weighted by molar-refractivity contribution is 6.06. The average Bonchev–Trinajstić information content (AvgIpc) is 3.70. The van der Waals surface area contributed by atoms with Crippen molar-refractivity contribution in [1.29, 1.82) is 0 Å². The summed E-state index contributed by atoms with van der Waals surface area (Å²) in [6.07, 6.45) is 0. The van der Waals surface area contributed by atoms with Gasteiger partial charge in [-0.2, -0.15) is 0 Å². The van der Waals surface area contributed by atoms with Gasteiger partial charge in [0, 0.05) is 22.5 Å². The Kier molecular flexibility index (Phi) is 8.83. The van der Waals surface area contributed by atoms with Crippen LogP contribution in [-0.4, -0.2) is 0 Å². The quantitative estimate of drug-likeness (QED) is 0.162. The van der Waals surface area contributed by atoms with E-state index < -0.39 is 5.41 Å². The zero-order chi connectivity index (χ0) is 43.3. The number of aryl methyl sites for hydroxylation is 2. The molecule has 2 aliphatic carbocycles. The minimum Gasteiger partial charge on any atom is -0.311 e. The molecule has 9 aromatic carbocycles. The molecule has 0 bridgehead atoms. The summed E-state index contributed by atoms with van der Waals surface area (Å²) in [7, 11) is 0. The van der Waals surface area contributed by atoms with Crippen molar-refractivity contribution in [2.24, 2.45) is 0 Å². The fraction of sp³-hybridized carbons (Fsp3) is 0.161. The normalized spacial score (nSPS) is 15.7. The molecular formula is C62H53N. The summed E-state index contributed by atoms with van der Waals surface area (Å²) in [6, 6.07) is 73.2. The van der Waals surface area contributed by atoms with Crippen molar-refractivity contribution < 1.29 is 0 Å². The monoisotopic (exact) mass is 811 g/mol. The fourth-order valence-corrected chi connectivity index (χ4v) is 11.0. The highest BCUT2D eigenvalue weighted by Crippen LogP contribution is 2.62. The largest absolute Gasteiger partial charge is 0.311 e. The maximum absolute atomic E-state index is 2.59. The Balaban J connectivity index is 1.12. The van der Waals surface area contributed by atoms with Gasteiger partial charge < -0.3 is 4.90 Å². The van der Waals surface area contributed by atoms with Crippen LogP contribution in [0.15, 0.2) is 194 Å². The van der Waals surface area contributed by atoms with Crippen molar-refractivity contribution in [2.45, 2.75) is 64.7 Å². The predicted molar refractivity (Wildman–Crippen MR) is 267 cm³/mol. The minimum absolute atomic E-state index is 0.0363. The van der Waals surface area contributed by atoms with Crippen LogP contribution in [-0.2, 0) is 16.2 Å². The van der Waals surface area contributed by atoms with Crippen molar-refractivity contribution in [3.05, 3.63) is 244 Å². The van der Waals surface area contributed by atoms with Crippen LogP contribution in [0.2, 0.25) is 0 Å². The zero-order valence-electron chi connectivity index (χ0n) is 37.4. The lowest BCUT2D eigenvalue weighted by molar-refractivity contribution is 0.589. The lowest BCUT2D eigenvalue weighted by Crippen LogP contribution is -2.29. The topological polar surface area (TPSA) is 3.24 Å². The summed E-state index contributed by atoms with van der Waals surface area (Å²) in [5.41, 5.74) is 22.6. The van der Waals surface area contributed by atoms with Crippen molar-refractivity contribution in [1.82, 2.24) is 0 Å². The van der Waals surface area contributed by atoms with Crippen LogP contribution in [0.3, 0.4) is 0 Å². The number of para-hydroxylation sites is 2. The van der Waals surface area contributed by atoms with Gasteiger partial charge in [-0.25, -0.2) is 0 Å². The molecule has 0 aromatic heterocycles. The van der Waals surface area contributed by atoms with E-state index in [1.54, 1.807) is 0 Å². The van der Waals surface area contributed by atoms with Gasteiger partial charge in [0.05, 0.1) is 5.41 Å². The van der Waals surface area contributed by atoms with E-state index in [1.807, 2.05) is 0 Å². The van der Waals surface area contributed by atoms with Crippen LogP contribution < -0.4 is 4.90 Å². The number of anilines is 3. The summed E-state index contributed by atoms with van der Waals surface area (Å²) in [6.45, 7) is 16.3. The number of hydrogen-bond donors (Lipinski definition) is 0. The highest BCUT2D eigenvalue weighted by Gasteiger charge is 2.49. The minimum atomic E-state index is -0.559. The molecule has 1 nitrogen and oxygen atoms in total. The molecule has 0 fully saturated rings. The summed E-state index contributed by atoms with van der Waals surface area (Å²) in [5, 5.41) is 2.64. The standard InChI is InChI=1S/C62H53N/c1-40-22-35-51-53-38-57-54(39-56(53)61(6,7)55(51)36-40)59-52-21-15-14-20-50(52)41(2)37-58(59)62(57,46-31-29-44(30-32-46)60(3,4)5)45-27-23-42(24-28-45)43-25-33-49(34-26-43)63(47-16-10-8-11-17-47)48-18-12-9-13-19-48/h8-39H,1-7H3. The molecule has 1 unspecified atom stereocenters. The van der Waals surface area contributed by atoms with Gasteiger partial charge in [-0.15, -0.1) is 0 Å². The van der Waals surface area contributed by atoms with Crippen LogP contribution >= 0.6 is 0 Å². The number of nitrogens with zero attached hydrogens (tertiary/aromatic N) is 1. The first-order valence-corrected chi connectivity index (χ1v) is 22.5. The maximum Gasteiger partial charge on any atom is 0.0714 e. The SMILES string of the molecule is Cc1ccc2c(c1)C(C)(C)c1cc3c(cc1-2)C(c1ccc(-c2ccc(N(c4ccccc4)c4ccccc4)cc2)cc1)(c1ccc(C(C)(C)C)cc1)c1cc(C)c2ccccc2c1-3. The van der Waals surface area contributed by atoms with E-state index in [4.69, 9.17) is 0 Å². The molecule has 0 saturated heterocycles. The van der Waals surface area contributed by atoms with E-state index in [0.717, 1.165) is 17.1 Å².